The number of ether oxygens (including phenoxy) is 4. The molecule has 2 N–H and O–H groups in total. The predicted molar refractivity (Wildman–Crippen MR) is 210 cm³/mol. The van der Waals surface area contributed by atoms with Crippen LogP contribution in [0.1, 0.15) is 49.7 Å². The van der Waals surface area contributed by atoms with E-state index in [-0.39, 0.29) is 107 Å². The van der Waals surface area contributed by atoms with E-state index in [2.05, 4.69) is 32.9 Å². The molecule has 0 spiro atoms. The maximum Gasteiger partial charge on any atom is 1.00 e. The first-order valence-electron chi connectivity index (χ1n) is 17.5. The van der Waals surface area contributed by atoms with Gasteiger partial charge in [-0.15, -0.1) is 22.7 Å². The van der Waals surface area contributed by atoms with Crippen LogP contribution in [0.25, 0.3) is 11.1 Å². The summed E-state index contributed by atoms with van der Waals surface area (Å²) in [6.07, 6.45) is 3.55. The van der Waals surface area contributed by atoms with Crippen molar-refractivity contribution >= 4 is 80.0 Å². The van der Waals surface area contributed by atoms with Crippen molar-refractivity contribution < 1.29 is 115 Å². The number of fused-ring (bicyclic) bond motifs is 4. The van der Waals surface area contributed by atoms with Gasteiger partial charge >= 0.3 is 59.1 Å². The molecule has 300 valence electrons. The van der Waals surface area contributed by atoms with Crippen molar-refractivity contribution in [2.24, 2.45) is 0 Å². The van der Waals surface area contributed by atoms with E-state index in [1.165, 1.54) is 42.6 Å². The Kier molecular flexibility index (Phi) is 15.1. The summed E-state index contributed by atoms with van der Waals surface area (Å²) in [5.74, 6) is 0.325. The Hall–Kier alpha value is -2.80. The van der Waals surface area contributed by atoms with E-state index in [0.29, 0.717) is 35.6 Å². The fourth-order valence-corrected chi connectivity index (χ4v) is 9.74. The van der Waals surface area contributed by atoms with E-state index in [1.807, 2.05) is 35.0 Å². The van der Waals surface area contributed by atoms with Crippen molar-refractivity contribution in [2.45, 2.75) is 42.9 Å². The van der Waals surface area contributed by atoms with Crippen LogP contribution in [-0.4, -0.2) is 85.7 Å². The number of nitrogens with zero attached hydrogens (tertiary/aromatic N) is 2. The molecule has 2 aromatic heterocycles. The molecule has 0 fully saturated rings. The first-order chi connectivity index (χ1) is 27.6. The predicted octanol–water partition coefficient (Wildman–Crippen LogP) is -0.416. The molecular formula is C37H34N4Na2O12S4. The van der Waals surface area contributed by atoms with Gasteiger partial charge in [-0.2, -0.15) is 4.89 Å². The van der Waals surface area contributed by atoms with Crippen LogP contribution in [-0.2, 0) is 37.3 Å². The Morgan fingerprint density at radius 1 is 0.780 bits per heavy atom. The molecule has 6 heterocycles. The van der Waals surface area contributed by atoms with E-state index in [0.717, 1.165) is 20.9 Å². The number of thiophene rings is 2. The minimum atomic E-state index is -4.91. The van der Waals surface area contributed by atoms with Gasteiger partial charge in [-0.3, -0.25) is 9.59 Å². The molecule has 2 aromatic carbocycles. The van der Waals surface area contributed by atoms with Crippen LogP contribution in [0.15, 0.2) is 71.7 Å². The van der Waals surface area contributed by atoms with Crippen molar-refractivity contribution in [1.82, 2.24) is 9.80 Å². The molecule has 16 nitrogen and oxygen atoms in total. The number of carbonyl (C=O) groups is 2. The van der Waals surface area contributed by atoms with Crippen molar-refractivity contribution in [1.29, 1.82) is 0 Å². The van der Waals surface area contributed by atoms with Gasteiger partial charge < -0.3 is 61.2 Å². The van der Waals surface area contributed by atoms with Crippen LogP contribution in [0, 0.1) is 0 Å². The summed E-state index contributed by atoms with van der Waals surface area (Å²) in [4.78, 5) is 38.0. The Labute approximate surface area is 397 Å². The number of methoxy groups -OCH3 is 2. The molecular weight excluding hydrogens is 867 g/mol. The molecule has 2 unspecified atom stereocenters. The fourth-order valence-electron chi connectivity index (χ4n) is 7.32. The fraction of sp³-hybridized carbons (Fsp3) is 0.297. The van der Waals surface area contributed by atoms with E-state index < -0.39 is 39.7 Å². The Morgan fingerprint density at radius 3 is 1.76 bits per heavy atom. The van der Waals surface area contributed by atoms with E-state index in [9.17, 15) is 22.6 Å². The molecule has 4 aliphatic rings. The molecule has 0 bridgehead atoms. The molecule has 2 amide bonds. The van der Waals surface area contributed by atoms with Crippen molar-refractivity contribution in [3.8, 4) is 23.0 Å². The molecule has 4 aromatic rings. The van der Waals surface area contributed by atoms with Gasteiger partial charge in [-0.05, 0) is 52.6 Å². The van der Waals surface area contributed by atoms with E-state index in [1.54, 1.807) is 40.8 Å². The van der Waals surface area contributed by atoms with E-state index >= 15 is 0 Å². The third-order valence-electron chi connectivity index (χ3n) is 9.96. The Bertz CT molecular complexity index is 2350. The molecule has 0 saturated heterocycles. The Balaban J connectivity index is 0.00000293. The summed E-state index contributed by atoms with van der Waals surface area (Å²) < 4.78 is 65.3. The Morgan fingerprint density at radius 2 is 1.29 bits per heavy atom. The summed E-state index contributed by atoms with van der Waals surface area (Å²) in [5, 5.41) is 13.0. The number of anilines is 2. The molecule has 0 aliphatic carbocycles. The van der Waals surface area contributed by atoms with Crippen LogP contribution in [0.5, 0.6) is 23.0 Å². The van der Waals surface area contributed by atoms with Gasteiger partial charge in [0.15, 0.2) is 29.2 Å². The number of hydrogen-bond donors (Lipinski definition) is 2. The summed E-state index contributed by atoms with van der Waals surface area (Å²) in [6, 6.07) is 12.3. The van der Waals surface area contributed by atoms with Gasteiger partial charge in [0.05, 0.1) is 62.0 Å². The first-order valence-corrected chi connectivity index (χ1v) is 21.1. The number of nitrogens with one attached hydrogen (secondary N) is 2. The number of rotatable bonds is 14. The zero-order valence-electron chi connectivity index (χ0n) is 32.2. The molecule has 59 heavy (non-hydrogen) atoms. The van der Waals surface area contributed by atoms with E-state index in [4.69, 9.17) is 23.8 Å². The average Bonchev–Trinajstić information content (AvgIpc) is 4.03. The zero-order valence-corrected chi connectivity index (χ0v) is 39.5. The van der Waals surface area contributed by atoms with Gasteiger partial charge in [-0.1, -0.05) is 17.2 Å². The summed E-state index contributed by atoms with van der Waals surface area (Å²) in [7, 11) is -2.03. The van der Waals surface area contributed by atoms with Crippen molar-refractivity contribution in [3.05, 3.63) is 92.6 Å². The first kappa shape index (κ1) is 45.7. The summed E-state index contributed by atoms with van der Waals surface area (Å²) in [6.45, 7) is 0.259. The van der Waals surface area contributed by atoms with Crippen molar-refractivity contribution in [2.75, 3.05) is 38.1 Å². The van der Waals surface area contributed by atoms with Gasteiger partial charge in [0.25, 0.3) is 11.8 Å². The molecule has 0 saturated carbocycles. The maximum atomic E-state index is 13.9. The third kappa shape index (κ3) is 9.36. The SMILES string of the molecule is COc1cc2c(cc1OCCCOc1cc3c(cc1OC)C(=O)N1C=C(c4cccs4)C[C@H]1C(S(=O)(=O)[O-])N3)NC(OOO[S-])[C@@H]1CC(c3cccs3)=CN1C2=O.[Na+].[Na+]. The van der Waals surface area contributed by atoms with Crippen LogP contribution in [0.2, 0.25) is 0 Å². The second-order valence-corrected chi connectivity index (χ2v) is 16.8. The third-order valence-corrected chi connectivity index (χ3v) is 13.0. The maximum absolute atomic E-state index is 13.9. The quantitative estimate of drug-likeness (QED) is 0.0415. The van der Waals surface area contributed by atoms with Gasteiger partial charge in [-0.25, -0.2) is 8.42 Å². The second-order valence-electron chi connectivity index (χ2n) is 13.2. The number of carbonyl (C=O) groups excluding carboxylic acids is 2. The topological polar surface area (TPSA) is 186 Å². The van der Waals surface area contributed by atoms with Crippen LogP contribution < -0.4 is 88.7 Å². The summed E-state index contributed by atoms with van der Waals surface area (Å²) in [5.41, 5.74) is 2.69. The molecule has 0 radical (unpaired) electrons. The van der Waals surface area contributed by atoms with Crippen molar-refractivity contribution in [3.63, 3.8) is 0 Å². The second kappa shape index (κ2) is 19.5. The molecule has 4 aliphatic heterocycles. The number of amides is 2. The van der Waals surface area contributed by atoms with Crippen LogP contribution >= 0.6 is 22.7 Å². The normalized spacial score (nSPS) is 20.5. The standard InChI is InChI=1S/C37H36N4O12S4.2Na/c1-47-28-14-22-24(38-34(51-52-53-54)26-12-20(18-40(26)36(22)42)32-6-3-10-55-32)16-30(28)49-8-5-9-50-31-17-25-23(15-29(31)48-2)37(43)41-19-21(33-7-4-11-56-33)13-27(41)35(39-25)57(44,45)46;;/h3-4,6-7,10-11,14-19,26-27,34-35,38-39,54H,5,8-9,12-13H2,1-2H3,(H,44,45,46);;/q;2*+1/p-2/t26-,27-,34?,35?;;/m0../s1. The average molecular weight is 901 g/mol. The summed E-state index contributed by atoms with van der Waals surface area (Å²) >= 11 is 7.47. The molecule has 8 rings (SSSR count). The number of benzene rings is 2. The molecule has 4 atom stereocenters. The monoisotopic (exact) mass is 900 g/mol. The largest absolute Gasteiger partial charge is 1.00 e. The number of hydrogen-bond acceptors (Lipinski definition) is 17. The van der Waals surface area contributed by atoms with Crippen LogP contribution in [0.4, 0.5) is 11.4 Å². The zero-order chi connectivity index (χ0) is 39.8. The van der Waals surface area contributed by atoms with Crippen LogP contribution in [0.3, 0.4) is 0 Å². The van der Waals surface area contributed by atoms with Gasteiger partial charge in [0.2, 0.25) is 0 Å². The minimum absolute atomic E-state index is 0. The molecule has 22 heteroatoms. The minimum Gasteiger partial charge on any atom is -0.746 e. The van der Waals surface area contributed by atoms with Gasteiger partial charge in [0, 0.05) is 47.1 Å². The smallest absolute Gasteiger partial charge is 0.746 e. The van der Waals surface area contributed by atoms with Gasteiger partial charge in [0.1, 0.15) is 15.5 Å².